The van der Waals surface area contributed by atoms with Gasteiger partial charge in [-0.3, -0.25) is 0 Å². The molecule has 0 aromatic heterocycles. The molecule has 42 valence electrons. The topological polar surface area (TPSA) is 60.7 Å². The van der Waals surface area contributed by atoms with Gasteiger partial charge in [-0.1, -0.05) is 0 Å². The van der Waals surface area contributed by atoms with E-state index in [-0.39, 0.29) is 11.5 Å². The molecule has 0 spiro atoms. The minimum atomic E-state index is -0.498. The Morgan fingerprint density at radius 1 is 1.43 bits per heavy atom. The summed E-state index contributed by atoms with van der Waals surface area (Å²) in [5, 5.41) is 24.6. The van der Waals surface area contributed by atoms with E-state index < -0.39 is 6.61 Å². The standard InChI is InChI=1S/C4H8O3/c1-3(6)4(7)2-5/h5-7H,2H2,1H3/b4-3-. The number of hydrogen-bond donors (Lipinski definition) is 3. The smallest absolute Gasteiger partial charge is 0.155 e. The Morgan fingerprint density at radius 3 is 1.86 bits per heavy atom. The fraction of sp³-hybridized carbons (Fsp3) is 0.500. The molecule has 3 heteroatoms. The Balaban J connectivity index is 3.72. The van der Waals surface area contributed by atoms with E-state index >= 15 is 0 Å². The Hall–Kier alpha value is -0.700. The van der Waals surface area contributed by atoms with Crippen molar-refractivity contribution in [1.29, 1.82) is 0 Å². The van der Waals surface area contributed by atoms with Gasteiger partial charge in [-0.05, 0) is 6.92 Å². The molecule has 0 heterocycles. The molecule has 0 saturated heterocycles. The Morgan fingerprint density at radius 2 is 1.86 bits per heavy atom. The number of hydrogen-bond acceptors (Lipinski definition) is 3. The molecule has 0 aliphatic heterocycles. The molecule has 3 N–H and O–H groups in total. The maximum atomic E-state index is 8.31. The molecule has 0 bridgehead atoms. The zero-order chi connectivity index (χ0) is 5.86. The lowest BCUT2D eigenvalue weighted by atomic mass is 10.4. The van der Waals surface area contributed by atoms with Crippen molar-refractivity contribution in [2.24, 2.45) is 0 Å². The average Bonchev–Trinajstić information content (AvgIpc) is 1.65. The quantitative estimate of drug-likeness (QED) is 0.420. The van der Waals surface area contributed by atoms with Gasteiger partial charge in [0.15, 0.2) is 5.76 Å². The Labute approximate surface area is 41.5 Å². The van der Waals surface area contributed by atoms with E-state index in [0.29, 0.717) is 0 Å². The molecule has 0 aromatic rings. The Kier molecular flexibility index (Phi) is 2.22. The van der Waals surface area contributed by atoms with Crippen LogP contribution in [0.1, 0.15) is 6.92 Å². The first kappa shape index (κ1) is 6.30. The van der Waals surface area contributed by atoms with E-state index in [2.05, 4.69) is 0 Å². The number of rotatable bonds is 1. The molecule has 0 aliphatic rings. The van der Waals surface area contributed by atoms with E-state index in [1.807, 2.05) is 0 Å². The molecule has 0 radical (unpaired) electrons. The van der Waals surface area contributed by atoms with Gasteiger partial charge in [0.25, 0.3) is 0 Å². The highest BCUT2D eigenvalue weighted by Crippen LogP contribution is 1.91. The predicted molar refractivity (Wildman–Crippen MR) is 25.0 cm³/mol. The molecule has 0 aliphatic carbocycles. The summed E-state index contributed by atoms with van der Waals surface area (Å²) in [7, 11) is 0. The zero-order valence-electron chi connectivity index (χ0n) is 4.05. The second-order valence-corrected chi connectivity index (χ2v) is 1.19. The van der Waals surface area contributed by atoms with Crippen LogP contribution < -0.4 is 0 Å². The van der Waals surface area contributed by atoms with Crippen LogP contribution >= 0.6 is 0 Å². The van der Waals surface area contributed by atoms with Crippen LogP contribution in [0.5, 0.6) is 0 Å². The van der Waals surface area contributed by atoms with E-state index in [1.54, 1.807) is 0 Å². The first-order chi connectivity index (χ1) is 3.18. The van der Waals surface area contributed by atoms with Crippen LogP contribution in [0.3, 0.4) is 0 Å². The summed E-state index contributed by atoms with van der Waals surface area (Å²) in [5.74, 6) is -0.609. The van der Waals surface area contributed by atoms with Crippen molar-refractivity contribution < 1.29 is 15.3 Å². The fourth-order valence-electron chi connectivity index (χ4n) is 0.114. The minimum absolute atomic E-state index is 0.234. The van der Waals surface area contributed by atoms with Gasteiger partial charge in [0, 0.05) is 0 Å². The molecule has 0 saturated carbocycles. The summed E-state index contributed by atoms with van der Waals surface area (Å²) in [6.45, 7) is 0.799. The lowest BCUT2D eigenvalue weighted by molar-refractivity contribution is 0.228. The monoisotopic (exact) mass is 104 g/mol. The van der Waals surface area contributed by atoms with Crippen molar-refractivity contribution in [3.05, 3.63) is 11.5 Å². The lowest BCUT2D eigenvalue weighted by Gasteiger charge is -1.91. The van der Waals surface area contributed by atoms with Crippen molar-refractivity contribution >= 4 is 0 Å². The zero-order valence-corrected chi connectivity index (χ0v) is 4.05. The van der Waals surface area contributed by atoms with Gasteiger partial charge in [0.05, 0.1) is 0 Å². The highest BCUT2D eigenvalue weighted by atomic mass is 16.3. The van der Waals surface area contributed by atoms with Crippen molar-refractivity contribution in [3.8, 4) is 0 Å². The highest BCUT2D eigenvalue weighted by molar-refractivity contribution is 4.93. The molecular weight excluding hydrogens is 96.0 g/mol. The van der Waals surface area contributed by atoms with E-state index in [4.69, 9.17) is 15.3 Å². The third-order valence-corrected chi connectivity index (χ3v) is 0.567. The maximum Gasteiger partial charge on any atom is 0.155 e. The lowest BCUT2D eigenvalue weighted by Crippen LogP contribution is -1.91. The normalized spacial score (nSPS) is 13.4. The van der Waals surface area contributed by atoms with Gasteiger partial charge in [0.1, 0.15) is 12.4 Å². The van der Waals surface area contributed by atoms with Crippen LogP contribution in [-0.2, 0) is 0 Å². The fourth-order valence-corrected chi connectivity index (χ4v) is 0.114. The highest BCUT2D eigenvalue weighted by Gasteiger charge is 1.91. The first-order valence-electron chi connectivity index (χ1n) is 1.87. The second kappa shape index (κ2) is 2.47. The third kappa shape index (κ3) is 2.05. The summed E-state index contributed by atoms with van der Waals surface area (Å²) in [6.07, 6.45) is 0. The van der Waals surface area contributed by atoms with Gasteiger partial charge in [-0.2, -0.15) is 0 Å². The van der Waals surface area contributed by atoms with Crippen LogP contribution in [0.2, 0.25) is 0 Å². The molecule has 0 unspecified atom stereocenters. The first-order valence-corrected chi connectivity index (χ1v) is 1.87. The minimum Gasteiger partial charge on any atom is -0.509 e. The van der Waals surface area contributed by atoms with Gasteiger partial charge < -0.3 is 15.3 Å². The van der Waals surface area contributed by atoms with Gasteiger partial charge in [-0.15, -0.1) is 0 Å². The third-order valence-electron chi connectivity index (χ3n) is 0.567. The molecule has 7 heavy (non-hydrogen) atoms. The van der Waals surface area contributed by atoms with Gasteiger partial charge in [0.2, 0.25) is 0 Å². The molecule has 3 nitrogen and oxygen atoms in total. The van der Waals surface area contributed by atoms with Gasteiger partial charge in [-0.25, -0.2) is 0 Å². The summed E-state index contributed by atoms with van der Waals surface area (Å²) < 4.78 is 0. The SMILES string of the molecule is C/C(O)=C(/O)CO. The van der Waals surface area contributed by atoms with Crippen LogP contribution in [-0.4, -0.2) is 21.9 Å². The largest absolute Gasteiger partial charge is 0.509 e. The van der Waals surface area contributed by atoms with Crippen LogP contribution in [0.4, 0.5) is 0 Å². The van der Waals surface area contributed by atoms with Crippen molar-refractivity contribution in [2.45, 2.75) is 6.92 Å². The summed E-state index contributed by atoms with van der Waals surface area (Å²) in [5.41, 5.74) is 0. The van der Waals surface area contributed by atoms with Crippen molar-refractivity contribution in [2.75, 3.05) is 6.61 Å². The van der Waals surface area contributed by atoms with E-state index in [9.17, 15) is 0 Å². The van der Waals surface area contributed by atoms with E-state index in [0.717, 1.165) is 0 Å². The molecule has 0 fully saturated rings. The molecule has 0 aromatic carbocycles. The molecular formula is C4H8O3. The van der Waals surface area contributed by atoms with Crippen LogP contribution in [0.15, 0.2) is 11.5 Å². The molecule has 0 amide bonds. The molecule has 0 atom stereocenters. The van der Waals surface area contributed by atoms with E-state index in [1.165, 1.54) is 6.92 Å². The number of aliphatic hydroxyl groups is 3. The van der Waals surface area contributed by atoms with Crippen LogP contribution in [0, 0.1) is 0 Å². The summed E-state index contributed by atoms with van der Waals surface area (Å²) in [4.78, 5) is 0. The van der Waals surface area contributed by atoms with Gasteiger partial charge >= 0.3 is 0 Å². The number of allylic oxidation sites excluding steroid dienone is 1. The van der Waals surface area contributed by atoms with Crippen molar-refractivity contribution in [1.82, 2.24) is 0 Å². The summed E-state index contributed by atoms with van der Waals surface area (Å²) in [6, 6.07) is 0. The van der Waals surface area contributed by atoms with Crippen molar-refractivity contribution in [3.63, 3.8) is 0 Å². The number of aliphatic hydroxyl groups excluding tert-OH is 3. The predicted octanol–water partition coefficient (Wildman–Crippen LogP) is 0.326. The summed E-state index contributed by atoms with van der Waals surface area (Å²) >= 11 is 0. The van der Waals surface area contributed by atoms with Crippen LogP contribution in [0.25, 0.3) is 0 Å². The second-order valence-electron chi connectivity index (χ2n) is 1.19. The Bertz CT molecular complexity index is 80.9. The average molecular weight is 104 g/mol. The maximum absolute atomic E-state index is 8.31. The molecule has 0 rings (SSSR count).